The van der Waals surface area contributed by atoms with Crippen LogP contribution in [0.5, 0.6) is 0 Å². The summed E-state index contributed by atoms with van der Waals surface area (Å²) in [6.45, 7) is 3.80. The average molecular weight is 126 g/mol. The molecule has 2 aliphatic rings. The summed E-state index contributed by atoms with van der Waals surface area (Å²) in [7, 11) is 2.23. The third kappa shape index (κ3) is 0.775. The predicted molar refractivity (Wildman–Crippen MR) is 37.4 cm³/mol. The van der Waals surface area contributed by atoms with Crippen molar-refractivity contribution < 1.29 is 0 Å². The van der Waals surface area contributed by atoms with Crippen LogP contribution in [0.25, 0.3) is 0 Å². The first-order valence-electron chi connectivity index (χ1n) is 3.79. The molecule has 0 bridgehead atoms. The molecular weight excluding hydrogens is 112 g/mol. The second kappa shape index (κ2) is 1.96. The van der Waals surface area contributed by atoms with Crippen molar-refractivity contribution >= 4 is 0 Å². The van der Waals surface area contributed by atoms with Crippen LogP contribution in [0.4, 0.5) is 0 Å². The van der Waals surface area contributed by atoms with Gasteiger partial charge in [-0.3, -0.25) is 0 Å². The highest BCUT2D eigenvalue weighted by Gasteiger charge is 2.34. The van der Waals surface area contributed by atoms with Crippen LogP contribution in [-0.4, -0.2) is 37.6 Å². The summed E-state index contributed by atoms with van der Waals surface area (Å²) in [5.74, 6) is 0.968. The van der Waals surface area contributed by atoms with E-state index in [2.05, 4.69) is 17.3 Å². The summed E-state index contributed by atoms with van der Waals surface area (Å²) in [5.41, 5.74) is 0. The molecule has 52 valence electrons. The van der Waals surface area contributed by atoms with Gasteiger partial charge in [0.05, 0.1) is 0 Å². The molecule has 2 nitrogen and oxygen atoms in total. The van der Waals surface area contributed by atoms with Crippen LogP contribution < -0.4 is 5.32 Å². The van der Waals surface area contributed by atoms with Crippen LogP contribution in [-0.2, 0) is 0 Å². The van der Waals surface area contributed by atoms with Gasteiger partial charge in [0.2, 0.25) is 0 Å². The molecule has 0 saturated carbocycles. The third-order valence-electron chi connectivity index (χ3n) is 2.72. The van der Waals surface area contributed by atoms with E-state index in [1.165, 1.54) is 26.1 Å². The molecule has 0 aromatic rings. The van der Waals surface area contributed by atoms with Gasteiger partial charge in [0.1, 0.15) is 0 Å². The Morgan fingerprint density at radius 2 is 2.33 bits per heavy atom. The van der Waals surface area contributed by atoms with Gasteiger partial charge in [-0.2, -0.15) is 0 Å². The monoisotopic (exact) mass is 126 g/mol. The van der Waals surface area contributed by atoms with Gasteiger partial charge in [0.15, 0.2) is 0 Å². The molecular formula is C7H14N2. The summed E-state index contributed by atoms with van der Waals surface area (Å²) < 4.78 is 0. The molecule has 2 fully saturated rings. The lowest BCUT2D eigenvalue weighted by molar-refractivity contribution is 0.308. The minimum Gasteiger partial charge on any atom is -0.315 e. The fourth-order valence-corrected chi connectivity index (χ4v) is 2.06. The Balaban J connectivity index is 2.07. The Morgan fingerprint density at radius 3 is 3.11 bits per heavy atom. The van der Waals surface area contributed by atoms with Gasteiger partial charge >= 0.3 is 0 Å². The largest absolute Gasteiger partial charge is 0.315 e. The van der Waals surface area contributed by atoms with Gasteiger partial charge in [0.25, 0.3) is 0 Å². The van der Waals surface area contributed by atoms with Crippen LogP contribution >= 0.6 is 0 Å². The minimum atomic E-state index is 0.866. The molecule has 2 heterocycles. The molecule has 0 aliphatic carbocycles. The molecule has 2 saturated heterocycles. The zero-order valence-electron chi connectivity index (χ0n) is 5.93. The molecule has 0 radical (unpaired) electrons. The maximum atomic E-state index is 3.41. The van der Waals surface area contributed by atoms with Crippen LogP contribution in [0.3, 0.4) is 0 Å². The third-order valence-corrected chi connectivity index (χ3v) is 2.72. The molecule has 2 rings (SSSR count). The molecule has 1 N–H and O–H groups in total. The van der Waals surface area contributed by atoms with E-state index in [-0.39, 0.29) is 0 Å². The van der Waals surface area contributed by atoms with Crippen molar-refractivity contribution in [3.63, 3.8) is 0 Å². The van der Waals surface area contributed by atoms with Crippen molar-refractivity contribution in [2.75, 3.05) is 26.7 Å². The van der Waals surface area contributed by atoms with E-state index in [1.807, 2.05) is 0 Å². The summed E-state index contributed by atoms with van der Waals surface area (Å²) in [4.78, 5) is 2.48. The molecule has 2 atom stereocenters. The Kier molecular flexibility index (Phi) is 1.24. The molecule has 2 aliphatic heterocycles. The minimum absolute atomic E-state index is 0.866. The average Bonchev–Trinajstić information content (AvgIpc) is 2.35. The zero-order valence-corrected chi connectivity index (χ0v) is 5.93. The Hall–Kier alpha value is -0.0800. The fraction of sp³-hybridized carbons (Fsp3) is 1.00. The maximum absolute atomic E-state index is 3.41. The molecule has 0 unspecified atom stereocenters. The van der Waals surface area contributed by atoms with Crippen LogP contribution in [0.1, 0.15) is 6.42 Å². The summed E-state index contributed by atoms with van der Waals surface area (Å²) >= 11 is 0. The van der Waals surface area contributed by atoms with Gasteiger partial charge in [-0.25, -0.2) is 0 Å². The normalized spacial score (nSPS) is 43.7. The first-order valence-corrected chi connectivity index (χ1v) is 3.79. The molecule has 0 spiro atoms. The van der Waals surface area contributed by atoms with Crippen molar-refractivity contribution in [2.24, 2.45) is 5.92 Å². The summed E-state index contributed by atoms with van der Waals surface area (Å²) in [5, 5.41) is 3.41. The highest BCUT2D eigenvalue weighted by atomic mass is 15.2. The van der Waals surface area contributed by atoms with Gasteiger partial charge < -0.3 is 10.2 Å². The lowest BCUT2D eigenvalue weighted by atomic mass is 10.1. The smallest absolute Gasteiger partial charge is 0.0258 e. The summed E-state index contributed by atoms with van der Waals surface area (Å²) in [6, 6.07) is 0.866. The number of nitrogens with zero attached hydrogens (tertiary/aromatic N) is 1. The van der Waals surface area contributed by atoms with Crippen molar-refractivity contribution in [1.82, 2.24) is 10.2 Å². The van der Waals surface area contributed by atoms with E-state index < -0.39 is 0 Å². The molecule has 0 aromatic heterocycles. The highest BCUT2D eigenvalue weighted by Crippen LogP contribution is 2.24. The van der Waals surface area contributed by atoms with Crippen molar-refractivity contribution in [3.05, 3.63) is 0 Å². The second-order valence-electron chi connectivity index (χ2n) is 3.25. The Bertz CT molecular complexity index is 113. The first kappa shape index (κ1) is 5.69. The van der Waals surface area contributed by atoms with E-state index in [1.54, 1.807) is 0 Å². The SMILES string of the molecule is CN1CC[C@@H]2CNC[C@H]21. The first-order chi connectivity index (χ1) is 4.38. The molecule has 2 heteroatoms. The maximum Gasteiger partial charge on any atom is 0.0258 e. The van der Waals surface area contributed by atoms with E-state index in [0.29, 0.717) is 0 Å². The van der Waals surface area contributed by atoms with Gasteiger partial charge in [-0.05, 0) is 32.5 Å². The Labute approximate surface area is 56.2 Å². The van der Waals surface area contributed by atoms with Crippen LogP contribution in [0, 0.1) is 5.92 Å². The quantitative estimate of drug-likeness (QED) is 0.488. The molecule has 0 aromatic carbocycles. The van der Waals surface area contributed by atoms with Crippen molar-refractivity contribution in [3.8, 4) is 0 Å². The van der Waals surface area contributed by atoms with E-state index in [0.717, 1.165) is 12.0 Å². The van der Waals surface area contributed by atoms with E-state index in [4.69, 9.17) is 0 Å². The Morgan fingerprint density at radius 1 is 1.44 bits per heavy atom. The van der Waals surface area contributed by atoms with E-state index >= 15 is 0 Å². The van der Waals surface area contributed by atoms with Crippen LogP contribution in [0.15, 0.2) is 0 Å². The topological polar surface area (TPSA) is 15.3 Å². The number of rotatable bonds is 0. The van der Waals surface area contributed by atoms with Gasteiger partial charge in [-0.15, -0.1) is 0 Å². The lowest BCUT2D eigenvalue weighted by Gasteiger charge is -2.16. The van der Waals surface area contributed by atoms with Crippen LogP contribution in [0.2, 0.25) is 0 Å². The number of likely N-dealkylation sites (N-methyl/N-ethyl adjacent to an activating group) is 1. The van der Waals surface area contributed by atoms with Crippen molar-refractivity contribution in [1.29, 1.82) is 0 Å². The molecule has 0 amide bonds. The summed E-state index contributed by atoms with van der Waals surface area (Å²) in [6.07, 6.45) is 1.41. The number of hydrogen-bond acceptors (Lipinski definition) is 2. The van der Waals surface area contributed by atoms with E-state index in [9.17, 15) is 0 Å². The standard InChI is InChI=1S/C7H14N2/c1-9-3-2-6-4-8-5-7(6)9/h6-8H,2-5H2,1H3/t6-,7-/m1/s1. The number of nitrogens with one attached hydrogen (secondary N) is 1. The lowest BCUT2D eigenvalue weighted by Crippen LogP contribution is -2.30. The number of fused-ring (bicyclic) bond motifs is 1. The zero-order chi connectivity index (χ0) is 6.27. The highest BCUT2D eigenvalue weighted by molar-refractivity contribution is 4.92. The van der Waals surface area contributed by atoms with Gasteiger partial charge in [-0.1, -0.05) is 0 Å². The fourth-order valence-electron chi connectivity index (χ4n) is 2.06. The predicted octanol–water partition coefficient (Wildman–Crippen LogP) is -0.0901. The molecule has 9 heavy (non-hydrogen) atoms. The number of hydrogen-bond donors (Lipinski definition) is 1. The van der Waals surface area contributed by atoms with Gasteiger partial charge in [0, 0.05) is 12.6 Å². The number of likely N-dealkylation sites (tertiary alicyclic amines) is 1. The van der Waals surface area contributed by atoms with Crippen molar-refractivity contribution in [2.45, 2.75) is 12.5 Å². The second-order valence-corrected chi connectivity index (χ2v) is 3.25.